The van der Waals surface area contributed by atoms with E-state index in [0.717, 1.165) is 55.0 Å². The van der Waals surface area contributed by atoms with E-state index >= 15 is 0 Å². The van der Waals surface area contributed by atoms with Crippen LogP contribution in [0.1, 0.15) is 43.7 Å². The lowest BCUT2D eigenvalue weighted by Crippen LogP contribution is -2.52. The molecule has 0 radical (unpaired) electrons. The number of carbonyl (C=O) groups is 2. The molecule has 2 aromatic carbocycles. The van der Waals surface area contributed by atoms with Crippen molar-refractivity contribution in [3.05, 3.63) is 65.5 Å². The average Bonchev–Trinajstić information content (AvgIpc) is 3.33. The van der Waals surface area contributed by atoms with E-state index in [2.05, 4.69) is 5.32 Å². The molecule has 0 bridgehead atoms. The molecule has 1 fully saturated rings. The third-order valence-corrected chi connectivity index (χ3v) is 7.42. The highest BCUT2D eigenvalue weighted by Crippen LogP contribution is 2.32. The van der Waals surface area contributed by atoms with Gasteiger partial charge in [0.25, 0.3) is 0 Å². The minimum absolute atomic E-state index is 0.0321. The van der Waals surface area contributed by atoms with Crippen molar-refractivity contribution in [1.82, 2.24) is 10.2 Å². The van der Waals surface area contributed by atoms with E-state index in [1.165, 1.54) is 31.2 Å². The maximum atomic E-state index is 13.5. The van der Waals surface area contributed by atoms with Crippen molar-refractivity contribution in [3.8, 4) is 0 Å². The Bertz CT molecular complexity index is 1210. The van der Waals surface area contributed by atoms with Crippen LogP contribution in [0.2, 0.25) is 0 Å². The number of amides is 2. The van der Waals surface area contributed by atoms with E-state index < -0.39 is 52.0 Å². The molecule has 1 atom stereocenters. The normalized spacial score (nSPS) is 15.3. The molecule has 0 heterocycles. The highest BCUT2D eigenvalue weighted by molar-refractivity contribution is 7.92. The van der Waals surface area contributed by atoms with Crippen LogP contribution < -0.4 is 9.62 Å². The summed E-state index contributed by atoms with van der Waals surface area (Å²) in [6.45, 7) is 0.516. The first-order valence-corrected chi connectivity index (χ1v) is 13.6. The van der Waals surface area contributed by atoms with Gasteiger partial charge >= 0.3 is 6.18 Å². The molecule has 0 aliphatic heterocycles. The summed E-state index contributed by atoms with van der Waals surface area (Å²) in [6.07, 6.45) is -0.384. The van der Waals surface area contributed by atoms with Crippen LogP contribution in [0, 0.1) is 5.82 Å². The summed E-state index contributed by atoms with van der Waals surface area (Å²) in [5.74, 6) is -1.74. The van der Waals surface area contributed by atoms with E-state index in [1.54, 1.807) is 0 Å². The molecule has 202 valence electrons. The predicted molar refractivity (Wildman–Crippen MR) is 130 cm³/mol. The highest BCUT2D eigenvalue weighted by atomic mass is 32.2. The predicted octanol–water partition coefficient (Wildman–Crippen LogP) is 4.09. The van der Waals surface area contributed by atoms with E-state index in [9.17, 15) is 35.6 Å². The number of hydrogen-bond donors (Lipinski definition) is 1. The zero-order valence-electron chi connectivity index (χ0n) is 20.5. The zero-order valence-corrected chi connectivity index (χ0v) is 21.3. The number of halogens is 4. The zero-order chi connectivity index (χ0) is 27.4. The fraction of sp³-hybridized carbons (Fsp3) is 0.440. The second-order valence-electron chi connectivity index (χ2n) is 9.13. The number of alkyl halides is 3. The SMILES string of the molecule is CC(C(=O)NC1CCCC1)N(Cc1ccc(F)cc1)C(=O)CN(c1cccc(C(F)(F)F)c1)S(C)(=O)=O. The standard InChI is InChI=1S/C25H29F4N3O4S/c1-17(24(34)30-21-7-3-4-8-21)31(15-18-10-12-20(26)13-11-18)23(33)16-32(37(2,35)36)22-9-5-6-19(14-22)25(27,28)29/h5-6,9-14,17,21H,3-4,7-8,15-16H2,1-2H3,(H,30,34). The molecule has 12 heteroatoms. The molecule has 1 saturated carbocycles. The molecule has 0 saturated heterocycles. The Morgan fingerprint density at radius 3 is 2.27 bits per heavy atom. The Balaban J connectivity index is 1.91. The quantitative estimate of drug-likeness (QED) is 0.483. The fourth-order valence-corrected chi connectivity index (χ4v) is 5.05. The summed E-state index contributed by atoms with van der Waals surface area (Å²) < 4.78 is 78.8. The molecule has 0 spiro atoms. The van der Waals surface area contributed by atoms with Crippen LogP contribution in [0.15, 0.2) is 48.5 Å². The lowest BCUT2D eigenvalue weighted by atomic mass is 10.1. The van der Waals surface area contributed by atoms with Crippen molar-refractivity contribution in [3.63, 3.8) is 0 Å². The third-order valence-electron chi connectivity index (χ3n) is 6.28. The highest BCUT2D eigenvalue weighted by Gasteiger charge is 2.34. The third kappa shape index (κ3) is 7.67. The van der Waals surface area contributed by atoms with Crippen molar-refractivity contribution in [2.75, 3.05) is 17.1 Å². The summed E-state index contributed by atoms with van der Waals surface area (Å²) in [5.41, 5.74) is -0.922. The minimum Gasteiger partial charge on any atom is -0.352 e. The summed E-state index contributed by atoms with van der Waals surface area (Å²) in [6, 6.07) is 7.82. The van der Waals surface area contributed by atoms with Crippen molar-refractivity contribution in [2.24, 2.45) is 0 Å². The van der Waals surface area contributed by atoms with Gasteiger partial charge in [-0.3, -0.25) is 13.9 Å². The lowest BCUT2D eigenvalue weighted by molar-refractivity contribution is -0.139. The number of nitrogens with one attached hydrogen (secondary N) is 1. The summed E-state index contributed by atoms with van der Waals surface area (Å²) in [5, 5.41) is 2.90. The second kappa shape index (κ2) is 11.5. The van der Waals surface area contributed by atoms with Crippen molar-refractivity contribution < 1.29 is 35.6 Å². The summed E-state index contributed by atoms with van der Waals surface area (Å²) in [7, 11) is -4.18. The van der Waals surface area contributed by atoms with Crippen LogP contribution in [0.5, 0.6) is 0 Å². The van der Waals surface area contributed by atoms with Gasteiger partial charge in [0.2, 0.25) is 21.8 Å². The molecule has 2 amide bonds. The van der Waals surface area contributed by atoms with Gasteiger partial charge in [0, 0.05) is 12.6 Å². The number of hydrogen-bond acceptors (Lipinski definition) is 4. The molecule has 7 nitrogen and oxygen atoms in total. The molecule has 3 rings (SSSR count). The van der Waals surface area contributed by atoms with Crippen LogP contribution in [0.4, 0.5) is 23.2 Å². The number of carbonyl (C=O) groups excluding carboxylic acids is 2. The van der Waals surface area contributed by atoms with Crippen molar-refractivity contribution in [2.45, 2.75) is 57.4 Å². The lowest BCUT2D eigenvalue weighted by Gasteiger charge is -2.32. The Hall–Kier alpha value is -3.15. The molecule has 1 unspecified atom stereocenters. The number of rotatable bonds is 9. The van der Waals surface area contributed by atoms with E-state index in [4.69, 9.17) is 0 Å². The molecule has 37 heavy (non-hydrogen) atoms. The van der Waals surface area contributed by atoms with Gasteiger partial charge in [-0.25, -0.2) is 12.8 Å². The molecular weight excluding hydrogens is 514 g/mol. The first kappa shape index (κ1) is 28.4. The molecule has 1 N–H and O–H groups in total. The van der Waals surface area contributed by atoms with Crippen LogP contribution >= 0.6 is 0 Å². The Labute approximate surface area is 213 Å². The minimum atomic E-state index is -4.72. The molecule has 2 aromatic rings. The number of sulfonamides is 1. The van der Waals surface area contributed by atoms with Gasteiger partial charge in [0.1, 0.15) is 18.4 Å². The van der Waals surface area contributed by atoms with Crippen molar-refractivity contribution in [1.29, 1.82) is 0 Å². The van der Waals surface area contributed by atoms with Crippen LogP contribution in [-0.4, -0.2) is 50.0 Å². The number of benzene rings is 2. The topological polar surface area (TPSA) is 86.8 Å². The Morgan fingerprint density at radius 1 is 1.08 bits per heavy atom. The van der Waals surface area contributed by atoms with E-state index in [1.807, 2.05) is 0 Å². The maximum Gasteiger partial charge on any atom is 0.416 e. The fourth-order valence-electron chi connectivity index (χ4n) is 4.21. The Kier molecular flexibility index (Phi) is 8.83. The first-order valence-electron chi connectivity index (χ1n) is 11.7. The molecule has 1 aliphatic carbocycles. The van der Waals surface area contributed by atoms with Crippen LogP contribution in [0.25, 0.3) is 0 Å². The summed E-state index contributed by atoms with van der Waals surface area (Å²) in [4.78, 5) is 27.6. The van der Waals surface area contributed by atoms with Gasteiger partial charge < -0.3 is 10.2 Å². The van der Waals surface area contributed by atoms with Gasteiger partial charge in [-0.1, -0.05) is 31.0 Å². The van der Waals surface area contributed by atoms with Gasteiger partial charge in [0.05, 0.1) is 17.5 Å². The maximum absolute atomic E-state index is 13.5. The largest absolute Gasteiger partial charge is 0.416 e. The smallest absolute Gasteiger partial charge is 0.352 e. The molecular formula is C25H29F4N3O4S. The first-order chi connectivity index (χ1) is 17.3. The van der Waals surface area contributed by atoms with E-state index in [0.29, 0.717) is 15.9 Å². The van der Waals surface area contributed by atoms with Crippen molar-refractivity contribution >= 4 is 27.5 Å². The van der Waals surface area contributed by atoms with Gasteiger partial charge in [-0.05, 0) is 55.7 Å². The second-order valence-corrected chi connectivity index (χ2v) is 11.0. The number of nitrogens with zero attached hydrogens (tertiary/aromatic N) is 2. The number of anilines is 1. The monoisotopic (exact) mass is 543 g/mol. The molecule has 0 aromatic heterocycles. The van der Waals surface area contributed by atoms with Gasteiger partial charge in [-0.15, -0.1) is 0 Å². The van der Waals surface area contributed by atoms with Crippen LogP contribution in [-0.2, 0) is 32.3 Å². The van der Waals surface area contributed by atoms with Crippen LogP contribution in [0.3, 0.4) is 0 Å². The van der Waals surface area contributed by atoms with E-state index in [-0.39, 0.29) is 18.3 Å². The Morgan fingerprint density at radius 2 is 1.70 bits per heavy atom. The average molecular weight is 544 g/mol. The summed E-state index contributed by atoms with van der Waals surface area (Å²) >= 11 is 0. The molecule has 1 aliphatic rings. The van der Waals surface area contributed by atoms with Gasteiger partial charge in [0.15, 0.2) is 0 Å². The van der Waals surface area contributed by atoms with Gasteiger partial charge in [-0.2, -0.15) is 13.2 Å².